The molecule has 194 valence electrons. The Bertz CT molecular complexity index is 1090. The van der Waals surface area contributed by atoms with Crippen molar-refractivity contribution < 1.29 is 23.9 Å². The molecule has 1 unspecified atom stereocenters. The number of halogens is 1. The van der Waals surface area contributed by atoms with Gasteiger partial charge in [-0.15, -0.1) is 0 Å². The number of carbonyl (C=O) groups excluding carboxylic acids is 2. The summed E-state index contributed by atoms with van der Waals surface area (Å²) in [6.45, 7) is 3.00. The van der Waals surface area contributed by atoms with E-state index in [4.69, 9.17) is 21.2 Å². The minimum Gasteiger partial charge on any atom is -0.481 e. The average Bonchev–Trinajstić information content (AvgIpc) is 3.80. The molecular weight excluding hydrogens is 471 g/mol. The molecule has 0 spiro atoms. The van der Waals surface area contributed by atoms with E-state index < -0.39 is 35.4 Å². The van der Waals surface area contributed by atoms with Crippen LogP contribution in [0.3, 0.4) is 0 Å². The molecule has 1 aromatic rings. The fraction of sp³-hybridized carbons (Fsp3) is 0.522. The minimum absolute atomic E-state index is 0.0667. The van der Waals surface area contributed by atoms with E-state index in [1.165, 1.54) is 26.3 Å². The van der Waals surface area contributed by atoms with Gasteiger partial charge in [0.15, 0.2) is 5.84 Å². The van der Waals surface area contributed by atoms with Gasteiger partial charge in [0.05, 0.1) is 25.6 Å². The highest BCUT2D eigenvalue weighted by atomic mass is 19.1. The molecule has 1 aromatic heterocycles. The van der Waals surface area contributed by atoms with E-state index in [9.17, 15) is 14.0 Å². The summed E-state index contributed by atoms with van der Waals surface area (Å²) in [5.41, 5.74) is -0.321. The number of nitrogens with two attached hydrogens (primary N) is 1. The molecule has 13 heteroatoms. The lowest BCUT2D eigenvalue weighted by atomic mass is 9.88. The van der Waals surface area contributed by atoms with Crippen molar-refractivity contribution >= 4 is 35.3 Å². The summed E-state index contributed by atoms with van der Waals surface area (Å²) >= 11 is 0. The number of aliphatic imine (C=N–C) groups is 1. The van der Waals surface area contributed by atoms with Gasteiger partial charge in [0.1, 0.15) is 23.3 Å². The van der Waals surface area contributed by atoms with Crippen molar-refractivity contribution in [2.24, 2.45) is 38.8 Å². The largest absolute Gasteiger partial charge is 0.481 e. The zero-order valence-electron chi connectivity index (χ0n) is 20.4. The van der Waals surface area contributed by atoms with E-state index in [1.54, 1.807) is 6.92 Å². The molecule has 2 atom stereocenters. The van der Waals surface area contributed by atoms with Crippen LogP contribution >= 0.6 is 0 Å². The standard InChI is InChI=1S/C23H31FN8O4/c1-11(16-8-15(24)9-28-23(16)36-3)27-10-17(31-26)29-22(34)20(18(13-4-5-13)14-6-7-14)30-21(33)19(25)12(2)32-35/h8-11,13-14,18,20,25,35H,4-7,26H2,1-3H3,(H,30,33)(H,29,31,34)/b25-19?,27-10?,32-12-/t11?,20-/m0/s1. The second kappa shape index (κ2) is 11.7. The number of hydrogen-bond acceptors (Lipinski definition) is 10. The van der Waals surface area contributed by atoms with E-state index >= 15 is 0 Å². The molecule has 0 bridgehead atoms. The molecule has 1 heterocycles. The van der Waals surface area contributed by atoms with Crippen molar-refractivity contribution in [2.45, 2.75) is 51.6 Å². The van der Waals surface area contributed by atoms with Crippen molar-refractivity contribution in [2.75, 3.05) is 7.11 Å². The smallest absolute Gasteiger partial charge is 0.271 e. The second-order valence-corrected chi connectivity index (χ2v) is 8.97. The average molecular weight is 503 g/mol. The first-order valence-corrected chi connectivity index (χ1v) is 11.6. The molecule has 3 rings (SSSR count). The van der Waals surface area contributed by atoms with Crippen LogP contribution in [0.2, 0.25) is 0 Å². The zero-order chi connectivity index (χ0) is 26.4. The molecule has 6 N–H and O–H groups in total. The van der Waals surface area contributed by atoms with Gasteiger partial charge in [-0.2, -0.15) is 5.10 Å². The van der Waals surface area contributed by atoms with Crippen molar-refractivity contribution in [1.82, 2.24) is 15.6 Å². The minimum atomic E-state index is -0.945. The van der Waals surface area contributed by atoms with E-state index in [0.717, 1.165) is 31.9 Å². The SMILES string of the molecule is COc1ncc(F)cc1C(C)N=CC(=NN)NC(=O)[C@@H](NC(=O)C(=N)/C(C)=N\O)C(C1CC1)C1CC1. The number of nitrogens with zero attached hydrogens (tertiary/aromatic N) is 4. The highest BCUT2D eigenvalue weighted by Gasteiger charge is 2.48. The summed E-state index contributed by atoms with van der Waals surface area (Å²) in [5, 5.41) is 28.5. The summed E-state index contributed by atoms with van der Waals surface area (Å²) in [6.07, 6.45) is 6.08. The first-order chi connectivity index (χ1) is 17.2. The highest BCUT2D eigenvalue weighted by molar-refractivity contribution is 6.65. The number of amidine groups is 1. The quantitative estimate of drug-likeness (QED) is 0.100. The number of hydrazone groups is 1. The van der Waals surface area contributed by atoms with Crippen LogP contribution in [0.5, 0.6) is 5.88 Å². The number of pyridine rings is 1. The Morgan fingerprint density at radius 2 is 1.97 bits per heavy atom. The topological polar surface area (TPSA) is 187 Å². The molecular formula is C23H31FN8O4. The van der Waals surface area contributed by atoms with Crippen molar-refractivity contribution in [3.05, 3.63) is 23.6 Å². The predicted molar refractivity (Wildman–Crippen MR) is 131 cm³/mol. The summed E-state index contributed by atoms with van der Waals surface area (Å²) in [5.74, 6) is 4.16. The molecule has 2 saturated carbocycles. The molecule has 0 aliphatic heterocycles. The lowest BCUT2D eigenvalue weighted by molar-refractivity contribution is -0.127. The highest BCUT2D eigenvalue weighted by Crippen LogP contribution is 2.50. The maximum Gasteiger partial charge on any atom is 0.271 e. The first-order valence-electron chi connectivity index (χ1n) is 11.6. The lowest BCUT2D eigenvalue weighted by Gasteiger charge is -2.27. The van der Waals surface area contributed by atoms with Gasteiger partial charge >= 0.3 is 0 Å². The number of aromatic nitrogens is 1. The number of nitrogens with one attached hydrogen (secondary N) is 3. The van der Waals surface area contributed by atoms with Gasteiger partial charge < -0.3 is 26.4 Å². The Morgan fingerprint density at radius 3 is 2.50 bits per heavy atom. The number of carbonyl (C=O) groups is 2. The Labute approximate surface area is 207 Å². The van der Waals surface area contributed by atoms with Crippen LogP contribution in [0, 0.1) is 29.0 Å². The molecule has 36 heavy (non-hydrogen) atoms. The van der Waals surface area contributed by atoms with Gasteiger partial charge in [-0.3, -0.25) is 20.0 Å². The third kappa shape index (κ3) is 6.61. The summed E-state index contributed by atoms with van der Waals surface area (Å²) < 4.78 is 18.8. The first kappa shape index (κ1) is 26.7. The normalized spacial score (nSPS) is 18.1. The van der Waals surface area contributed by atoms with Crippen LogP contribution in [0.4, 0.5) is 4.39 Å². The van der Waals surface area contributed by atoms with Crippen molar-refractivity contribution in [3.8, 4) is 5.88 Å². The summed E-state index contributed by atoms with van der Waals surface area (Å²) in [6, 6.07) is -0.293. The maximum atomic E-state index is 13.7. The van der Waals surface area contributed by atoms with Gasteiger partial charge in [0.25, 0.3) is 5.91 Å². The Hall–Kier alpha value is -3.90. The van der Waals surface area contributed by atoms with Gasteiger partial charge in [-0.05, 0) is 63.4 Å². The Kier molecular flexibility index (Phi) is 8.67. The van der Waals surface area contributed by atoms with Gasteiger partial charge in [-0.1, -0.05) is 5.16 Å². The zero-order valence-corrected chi connectivity index (χ0v) is 20.4. The molecule has 0 radical (unpaired) electrons. The van der Waals surface area contributed by atoms with Crippen LogP contribution in [-0.4, -0.2) is 58.6 Å². The van der Waals surface area contributed by atoms with E-state index in [2.05, 4.69) is 30.9 Å². The van der Waals surface area contributed by atoms with Crippen LogP contribution < -0.4 is 21.2 Å². The van der Waals surface area contributed by atoms with Crippen molar-refractivity contribution in [3.63, 3.8) is 0 Å². The fourth-order valence-corrected chi connectivity index (χ4v) is 4.13. The van der Waals surface area contributed by atoms with Crippen LogP contribution in [0.25, 0.3) is 0 Å². The molecule has 2 fully saturated rings. The van der Waals surface area contributed by atoms with Crippen LogP contribution in [0.15, 0.2) is 27.5 Å². The molecule has 0 aromatic carbocycles. The number of oxime groups is 1. The monoisotopic (exact) mass is 502 g/mol. The number of hydrogen-bond donors (Lipinski definition) is 5. The summed E-state index contributed by atoms with van der Waals surface area (Å²) in [7, 11) is 1.41. The number of methoxy groups -OCH3 is 1. The lowest BCUT2D eigenvalue weighted by Crippen LogP contribution is -2.55. The molecule has 12 nitrogen and oxygen atoms in total. The number of ether oxygens (including phenoxy) is 1. The van der Waals surface area contributed by atoms with Crippen LogP contribution in [0.1, 0.15) is 51.1 Å². The third-order valence-electron chi connectivity index (χ3n) is 6.33. The fourth-order valence-electron chi connectivity index (χ4n) is 4.13. The van der Waals surface area contributed by atoms with E-state index in [0.29, 0.717) is 5.56 Å². The Balaban J connectivity index is 1.76. The molecule has 0 saturated heterocycles. The van der Waals surface area contributed by atoms with Crippen LogP contribution in [-0.2, 0) is 9.59 Å². The van der Waals surface area contributed by atoms with Gasteiger partial charge in [0, 0.05) is 5.56 Å². The molecule has 2 amide bonds. The third-order valence-corrected chi connectivity index (χ3v) is 6.33. The second-order valence-electron chi connectivity index (χ2n) is 8.97. The van der Waals surface area contributed by atoms with Gasteiger partial charge in [0.2, 0.25) is 11.8 Å². The predicted octanol–water partition coefficient (Wildman–Crippen LogP) is 1.54. The molecule has 2 aliphatic carbocycles. The van der Waals surface area contributed by atoms with Gasteiger partial charge in [-0.25, -0.2) is 9.37 Å². The number of amides is 2. The Morgan fingerprint density at radius 1 is 1.33 bits per heavy atom. The molecule has 2 aliphatic rings. The van der Waals surface area contributed by atoms with E-state index in [1.807, 2.05) is 0 Å². The van der Waals surface area contributed by atoms with Crippen molar-refractivity contribution in [1.29, 1.82) is 5.41 Å². The maximum absolute atomic E-state index is 13.7. The number of rotatable bonds is 11. The van der Waals surface area contributed by atoms with E-state index in [-0.39, 0.29) is 35.2 Å². The summed E-state index contributed by atoms with van der Waals surface area (Å²) in [4.78, 5) is 34.1.